The Balaban J connectivity index is 2.33. The molecule has 0 heterocycles. The van der Waals surface area contributed by atoms with Gasteiger partial charge in [-0.3, -0.25) is 0 Å². The van der Waals surface area contributed by atoms with Gasteiger partial charge in [0.15, 0.2) is 0 Å². The average molecular weight is 205 g/mol. The van der Waals surface area contributed by atoms with Crippen LogP contribution < -0.4 is 5.73 Å². The lowest BCUT2D eigenvalue weighted by Gasteiger charge is -2.16. The summed E-state index contributed by atoms with van der Waals surface area (Å²) >= 11 is 0. The zero-order valence-corrected chi connectivity index (χ0v) is 9.95. The lowest BCUT2D eigenvalue weighted by Crippen LogP contribution is -2.25. The molecule has 0 amide bonds. The van der Waals surface area contributed by atoms with Gasteiger partial charge >= 0.3 is 0 Å². The lowest BCUT2D eigenvalue weighted by atomic mass is 9.94. The summed E-state index contributed by atoms with van der Waals surface area (Å²) in [6.07, 6.45) is 4.71. The van der Waals surface area contributed by atoms with E-state index in [1.54, 1.807) is 0 Å². The second kappa shape index (κ2) is 6.62. The molecule has 0 radical (unpaired) electrons. The van der Waals surface area contributed by atoms with Gasteiger partial charge in [0.05, 0.1) is 0 Å². The molecule has 1 rings (SSSR count). The Morgan fingerprint density at radius 1 is 1.20 bits per heavy atom. The summed E-state index contributed by atoms with van der Waals surface area (Å²) in [5, 5.41) is 0. The van der Waals surface area contributed by atoms with Crippen LogP contribution in [0.3, 0.4) is 0 Å². The largest absolute Gasteiger partial charge is 0.327 e. The summed E-state index contributed by atoms with van der Waals surface area (Å²) in [4.78, 5) is 0. The standard InChI is InChI=1S/C14H23N/c1-3-7-12(2)10-14(15)11-13-8-5-4-6-9-13/h4-6,8-9,12,14H,3,7,10-11,15H2,1-2H3. The maximum absolute atomic E-state index is 6.14. The van der Waals surface area contributed by atoms with Crippen molar-refractivity contribution in [2.45, 2.75) is 45.6 Å². The molecular weight excluding hydrogens is 182 g/mol. The number of hydrogen-bond donors (Lipinski definition) is 1. The summed E-state index contributed by atoms with van der Waals surface area (Å²) in [6.45, 7) is 4.54. The van der Waals surface area contributed by atoms with E-state index < -0.39 is 0 Å². The summed E-state index contributed by atoms with van der Waals surface area (Å²) in [7, 11) is 0. The third kappa shape index (κ3) is 4.98. The predicted molar refractivity (Wildman–Crippen MR) is 66.8 cm³/mol. The molecule has 1 aromatic carbocycles. The van der Waals surface area contributed by atoms with Crippen molar-refractivity contribution in [3.8, 4) is 0 Å². The molecule has 15 heavy (non-hydrogen) atoms. The van der Waals surface area contributed by atoms with Crippen molar-refractivity contribution in [2.24, 2.45) is 11.7 Å². The third-order valence-corrected chi connectivity index (χ3v) is 2.83. The predicted octanol–water partition coefficient (Wildman–Crippen LogP) is 3.38. The highest BCUT2D eigenvalue weighted by Gasteiger charge is 2.08. The molecule has 2 N–H and O–H groups in total. The van der Waals surface area contributed by atoms with Gasteiger partial charge in [-0.15, -0.1) is 0 Å². The average Bonchev–Trinajstić information content (AvgIpc) is 2.19. The fourth-order valence-electron chi connectivity index (χ4n) is 2.13. The monoisotopic (exact) mass is 205 g/mol. The van der Waals surface area contributed by atoms with E-state index >= 15 is 0 Å². The van der Waals surface area contributed by atoms with Gasteiger partial charge in [-0.05, 0) is 24.3 Å². The van der Waals surface area contributed by atoms with E-state index in [4.69, 9.17) is 5.73 Å². The molecule has 0 saturated carbocycles. The SMILES string of the molecule is CCCC(C)CC(N)Cc1ccccc1. The van der Waals surface area contributed by atoms with Gasteiger partial charge in [-0.2, -0.15) is 0 Å². The molecule has 1 heteroatoms. The van der Waals surface area contributed by atoms with Gasteiger partial charge in [0, 0.05) is 6.04 Å². The molecule has 0 aromatic heterocycles. The zero-order chi connectivity index (χ0) is 11.1. The van der Waals surface area contributed by atoms with E-state index in [-0.39, 0.29) is 0 Å². The minimum atomic E-state index is 0.314. The van der Waals surface area contributed by atoms with Crippen LogP contribution in [0.2, 0.25) is 0 Å². The van der Waals surface area contributed by atoms with Gasteiger partial charge in [0.1, 0.15) is 0 Å². The lowest BCUT2D eigenvalue weighted by molar-refractivity contribution is 0.431. The highest BCUT2D eigenvalue weighted by atomic mass is 14.6. The van der Waals surface area contributed by atoms with Gasteiger partial charge in [0.25, 0.3) is 0 Å². The first kappa shape index (κ1) is 12.3. The minimum Gasteiger partial charge on any atom is -0.327 e. The van der Waals surface area contributed by atoms with Gasteiger partial charge in [-0.1, -0.05) is 57.0 Å². The van der Waals surface area contributed by atoms with Gasteiger partial charge < -0.3 is 5.73 Å². The summed E-state index contributed by atoms with van der Waals surface area (Å²) < 4.78 is 0. The Hall–Kier alpha value is -0.820. The van der Waals surface area contributed by atoms with E-state index in [0.717, 1.165) is 18.8 Å². The maximum Gasteiger partial charge on any atom is 0.00818 e. The Morgan fingerprint density at radius 2 is 1.87 bits per heavy atom. The molecule has 1 aromatic rings. The zero-order valence-electron chi connectivity index (χ0n) is 9.95. The Morgan fingerprint density at radius 3 is 2.47 bits per heavy atom. The Bertz CT molecular complexity index is 255. The van der Waals surface area contributed by atoms with Crippen LogP contribution in [0.15, 0.2) is 30.3 Å². The van der Waals surface area contributed by atoms with Crippen LogP contribution >= 0.6 is 0 Å². The molecule has 84 valence electrons. The fourth-order valence-corrected chi connectivity index (χ4v) is 2.13. The topological polar surface area (TPSA) is 26.0 Å². The van der Waals surface area contributed by atoms with E-state index in [2.05, 4.69) is 44.2 Å². The molecule has 2 unspecified atom stereocenters. The molecule has 1 nitrogen and oxygen atoms in total. The molecule has 2 atom stereocenters. The van der Waals surface area contributed by atoms with Crippen LogP contribution in [-0.2, 0) is 6.42 Å². The van der Waals surface area contributed by atoms with Gasteiger partial charge in [-0.25, -0.2) is 0 Å². The van der Waals surface area contributed by atoms with Crippen molar-refractivity contribution < 1.29 is 0 Å². The normalized spacial score (nSPS) is 14.9. The molecule has 0 fully saturated rings. The Labute approximate surface area is 93.7 Å². The van der Waals surface area contributed by atoms with Gasteiger partial charge in [0.2, 0.25) is 0 Å². The van der Waals surface area contributed by atoms with Crippen LogP contribution in [0, 0.1) is 5.92 Å². The first-order valence-corrected chi connectivity index (χ1v) is 6.02. The first-order chi connectivity index (χ1) is 7.22. The van der Waals surface area contributed by atoms with Crippen molar-refractivity contribution in [1.82, 2.24) is 0 Å². The molecule has 0 aliphatic heterocycles. The molecule has 0 aliphatic carbocycles. The van der Waals surface area contributed by atoms with Crippen molar-refractivity contribution in [3.63, 3.8) is 0 Å². The molecule has 0 saturated heterocycles. The number of hydrogen-bond acceptors (Lipinski definition) is 1. The van der Waals surface area contributed by atoms with Crippen molar-refractivity contribution in [3.05, 3.63) is 35.9 Å². The Kier molecular flexibility index (Phi) is 5.41. The van der Waals surface area contributed by atoms with Crippen LogP contribution in [-0.4, -0.2) is 6.04 Å². The van der Waals surface area contributed by atoms with Crippen LogP contribution in [0.1, 0.15) is 38.7 Å². The fraction of sp³-hybridized carbons (Fsp3) is 0.571. The summed E-state index contributed by atoms with van der Waals surface area (Å²) in [5.74, 6) is 0.758. The van der Waals surface area contributed by atoms with Crippen LogP contribution in [0.4, 0.5) is 0 Å². The van der Waals surface area contributed by atoms with E-state index in [0.29, 0.717) is 6.04 Å². The highest BCUT2D eigenvalue weighted by Crippen LogP contribution is 2.14. The number of benzene rings is 1. The minimum absolute atomic E-state index is 0.314. The number of rotatable bonds is 6. The molecule has 0 spiro atoms. The second-order valence-electron chi connectivity index (χ2n) is 4.58. The molecule has 0 bridgehead atoms. The second-order valence-corrected chi connectivity index (χ2v) is 4.58. The highest BCUT2D eigenvalue weighted by molar-refractivity contribution is 5.15. The summed E-state index contributed by atoms with van der Waals surface area (Å²) in [5.41, 5.74) is 7.49. The molecular formula is C14H23N. The van der Waals surface area contributed by atoms with Crippen LogP contribution in [0.25, 0.3) is 0 Å². The smallest absolute Gasteiger partial charge is 0.00818 e. The van der Waals surface area contributed by atoms with E-state index in [1.807, 2.05) is 0 Å². The summed E-state index contributed by atoms with van der Waals surface area (Å²) in [6, 6.07) is 10.8. The quantitative estimate of drug-likeness (QED) is 0.757. The van der Waals surface area contributed by atoms with Crippen molar-refractivity contribution in [2.75, 3.05) is 0 Å². The van der Waals surface area contributed by atoms with Crippen LogP contribution in [0.5, 0.6) is 0 Å². The molecule has 0 aliphatic rings. The first-order valence-electron chi connectivity index (χ1n) is 6.02. The number of nitrogens with two attached hydrogens (primary N) is 1. The maximum atomic E-state index is 6.14. The van der Waals surface area contributed by atoms with E-state index in [1.165, 1.54) is 18.4 Å². The van der Waals surface area contributed by atoms with Crippen molar-refractivity contribution >= 4 is 0 Å². The van der Waals surface area contributed by atoms with E-state index in [9.17, 15) is 0 Å². The van der Waals surface area contributed by atoms with Crippen molar-refractivity contribution in [1.29, 1.82) is 0 Å². The third-order valence-electron chi connectivity index (χ3n) is 2.83.